The van der Waals surface area contributed by atoms with Crippen molar-refractivity contribution in [3.05, 3.63) is 54.1 Å². The lowest BCUT2D eigenvalue weighted by molar-refractivity contribution is 0.137. The molecule has 0 saturated carbocycles. The van der Waals surface area contributed by atoms with Crippen molar-refractivity contribution in [3.63, 3.8) is 0 Å². The highest BCUT2D eigenvalue weighted by atomic mass is 16.5. The summed E-state index contributed by atoms with van der Waals surface area (Å²) in [6.45, 7) is 0. The molecule has 2 heterocycles. The Morgan fingerprint density at radius 3 is 2.39 bits per heavy atom. The molecule has 2 fully saturated rings. The predicted octanol–water partition coefficient (Wildman–Crippen LogP) is 3.89. The molecule has 3 nitrogen and oxygen atoms in total. The number of nitrogens with zero attached hydrogens (tertiary/aromatic N) is 1. The lowest BCUT2D eigenvalue weighted by Crippen LogP contribution is -2.42. The molecule has 0 spiro atoms. The highest BCUT2D eigenvalue weighted by Gasteiger charge is 2.34. The molecule has 4 rings (SSSR count). The summed E-state index contributed by atoms with van der Waals surface area (Å²) in [6.07, 6.45) is 4.91. The number of ether oxygens (including phenoxy) is 1. The summed E-state index contributed by atoms with van der Waals surface area (Å²) in [6, 6.07) is 19.4. The smallest absolute Gasteiger partial charge is 0.121 e. The van der Waals surface area contributed by atoms with Gasteiger partial charge < -0.3 is 10.1 Å². The first-order valence-corrected chi connectivity index (χ1v) is 8.33. The van der Waals surface area contributed by atoms with E-state index in [-0.39, 0.29) is 6.10 Å². The molecule has 2 atom stereocenters. The Balaban J connectivity index is 1.60. The van der Waals surface area contributed by atoms with Gasteiger partial charge in [-0.1, -0.05) is 30.3 Å². The average Bonchev–Trinajstić information content (AvgIpc) is 2.94. The third kappa shape index (κ3) is 3.09. The zero-order valence-electron chi connectivity index (χ0n) is 13.0. The van der Waals surface area contributed by atoms with Crippen molar-refractivity contribution in [2.45, 2.75) is 43.9 Å². The normalized spacial score (nSPS) is 25.8. The van der Waals surface area contributed by atoms with Crippen LogP contribution in [-0.2, 0) is 0 Å². The van der Waals surface area contributed by atoms with Gasteiger partial charge in [-0.25, -0.2) is 0 Å². The molecule has 1 N–H and O–H groups in total. The highest BCUT2D eigenvalue weighted by molar-refractivity contribution is 5.67. The van der Waals surface area contributed by atoms with Crippen molar-refractivity contribution in [3.8, 4) is 22.9 Å². The summed E-state index contributed by atoms with van der Waals surface area (Å²) >= 11 is 0. The summed E-state index contributed by atoms with van der Waals surface area (Å²) in [5.41, 5.74) is 2.80. The van der Waals surface area contributed by atoms with Crippen LogP contribution in [0.2, 0.25) is 0 Å². The predicted molar refractivity (Wildman–Crippen MR) is 90.2 cm³/mol. The van der Waals surface area contributed by atoms with Crippen molar-refractivity contribution >= 4 is 0 Å². The number of rotatable bonds is 3. The van der Waals surface area contributed by atoms with E-state index in [1.807, 2.05) is 30.3 Å². The van der Waals surface area contributed by atoms with E-state index in [0.29, 0.717) is 17.6 Å². The van der Waals surface area contributed by atoms with Gasteiger partial charge in [0, 0.05) is 12.1 Å². The number of nitriles is 1. The topological polar surface area (TPSA) is 45.0 Å². The fraction of sp³-hybridized carbons (Fsp3) is 0.350. The maximum Gasteiger partial charge on any atom is 0.121 e. The molecule has 0 unspecified atom stereocenters. The molecule has 0 radical (unpaired) electrons. The Labute approximate surface area is 136 Å². The van der Waals surface area contributed by atoms with Crippen molar-refractivity contribution in [1.82, 2.24) is 5.32 Å². The Kier molecular flexibility index (Phi) is 3.77. The summed E-state index contributed by atoms with van der Waals surface area (Å²) < 4.78 is 6.25. The minimum atomic E-state index is 0.256. The first-order valence-electron chi connectivity index (χ1n) is 8.33. The van der Waals surface area contributed by atoms with Crippen LogP contribution in [0.4, 0.5) is 0 Å². The molecule has 2 saturated heterocycles. The molecular formula is C20H20N2O. The minimum absolute atomic E-state index is 0.256. The molecule has 2 aromatic carbocycles. The Morgan fingerprint density at radius 1 is 0.957 bits per heavy atom. The summed E-state index contributed by atoms with van der Waals surface area (Å²) in [5.74, 6) is 0.814. The van der Waals surface area contributed by atoms with Crippen LogP contribution >= 0.6 is 0 Å². The van der Waals surface area contributed by atoms with Gasteiger partial charge in [0.25, 0.3) is 0 Å². The molecule has 2 bridgehead atoms. The van der Waals surface area contributed by atoms with Gasteiger partial charge >= 0.3 is 0 Å². The van der Waals surface area contributed by atoms with E-state index >= 15 is 0 Å². The molecule has 116 valence electrons. The van der Waals surface area contributed by atoms with E-state index in [1.165, 1.54) is 12.8 Å². The number of piperidine rings is 1. The standard InChI is InChI=1S/C20H20N2O/c21-13-14-8-16(15-4-2-1-3-5-15)10-19(9-14)23-20-11-17-6-7-18(12-20)22-17/h1-5,8-10,17-18,20,22H,6-7,11-12H2/t17-,18-/m1/s1. The number of hydrogen-bond acceptors (Lipinski definition) is 3. The van der Waals surface area contributed by atoms with E-state index in [9.17, 15) is 5.26 Å². The van der Waals surface area contributed by atoms with Crippen LogP contribution in [0, 0.1) is 11.3 Å². The summed E-state index contributed by atoms with van der Waals surface area (Å²) in [5, 5.41) is 13.0. The van der Waals surface area contributed by atoms with Gasteiger partial charge in [0.05, 0.1) is 11.6 Å². The van der Waals surface area contributed by atoms with Crippen molar-refractivity contribution in [2.24, 2.45) is 0 Å². The molecule has 2 aromatic rings. The van der Waals surface area contributed by atoms with Crippen LogP contribution in [0.15, 0.2) is 48.5 Å². The van der Waals surface area contributed by atoms with Crippen LogP contribution in [0.5, 0.6) is 5.75 Å². The molecule has 2 aliphatic heterocycles. The Bertz CT molecular complexity index is 723. The van der Waals surface area contributed by atoms with E-state index in [2.05, 4.69) is 29.6 Å². The summed E-state index contributed by atoms with van der Waals surface area (Å²) in [4.78, 5) is 0. The maximum atomic E-state index is 9.32. The molecule has 23 heavy (non-hydrogen) atoms. The second-order valence-electron chi connectivity index (χ2n) is 6.57. The third-order valence-corrected chi connectivity index (χ3v) is 4.88. The number of hydrogen-bond donors (Lipinski definition) is 1. The van der Waals surface area contributed by atoms with Crippen molar-refractivity contribution in [2.75, 3.05) is 0 Å². The molecule has 0 amide bonds. The average molecular weight is 304 g/mol. The van der Waals surface area contributed by atoms with Gasteiger partial charge in [-0.15, -0.1) is 0 Å². The first kappa shape index (κ1) is 14.3. The van der Waals surface area contributed by atoms with Gasteiger partial charge in [-0.2, -0.15) is 5.26 Å². The fourth-order valence-corrected chi connectivity index (χ4v) is 3.82. The van der Waals surface area contributed by atoms with Crippen LogP contribution < -0.4 is 10.1 Å². The quantitative estimate of drug-likeness (QED) is 0.935. The van der Waals surface area contributed by atoms with Crippen LogP contribution in [-0.4, -0.2) is 18.2 Å². The number of fused-ring (bicyclic) bond motifs is 2. The van der Waals surface area contributed by atoms with E-state index < -0.39 is 0 Å². The van der Waals surface area contributed by atoms with E-state index in [1.54, 1.807) is 0 Å². The van der Waals surface area contributed by atoms with E-state index in [4.69, 9.17) is 4.74 Å². The SMILES string of the molecule is N#Cc1cc(OC2C[C@H]3CC[C@H](C2)N3)cc(-c2ccccc2)c1. The Hall–Kier alpha value is -2.31. The van der Waals surface area contributed by atoms with Crippen molar-refractivity contribution < 1.29 is 4.74 Å². The number of benzene rings is 2. The lowest BCUT2D eigenvalue weighted by atomic mass is 10.0. The van der Waals surface area contributed by atoms with Crippen molar-refractivity contribution in [1.29, 1.82) is 5.26 Å². The monoisotopic (exact) mass is 304 g/mol. The second-order valence-corrected chi connectivity index (χ2v) is 6.57. The fourth-order valence-electron chi connectivity index (χ4n) is 3.82. The number of nitrogens with one attached hydrogen (secondary N) is 1. The largest absolute Gasteiger partial charge is 0.490 e. The molecular weight excluding hydrogens is 284 g/mol. The van der Waals surface area contributed by atoms with Crippen LogP contribution in [0.3, 0.4) is 0 Å². The molecule has 0 aromatic heterocycles. The third-order valence-electron chi connectivity index (χ3n) is 4.88. The van der Waals surface area contributed by atoms with E-state index in [0.717, 1.165) is 29.7 Å². The lowest BCUT2D eigenvalue weighted by Gasteiger charge is -2.29. The maximum absolute atomic E-state index is 9.32. The first-order chi connectivity index (χ1) is 11.3. The van der Waals surface area contributed by atoms with Gasteiger partial charge in [0.1, 0.15) is 11.9 Å². The van der Waals surface area contributed by atoms with Crippen LogP contribution in [0.25, 0.3) is 11.1 Å². The van der Waals surface area contributed by atoms with Gasteiger partial charge in [-0.3, -0.25) is 0 Å². The minimum Gasteiger partial charge on any atom is -0.490 e. The Morgan fingerprint density at radius 2 is 1.70 bits per heavy atom. The van der Waals surface area contributed by atoms with Gasteiger partial charge in [0.2, 0.25) is 0 Å². The summed E-state index contributed by atoms with van der Waals surface area (Å²) in [7, 11) is 0. The second kappa shape index (κ2) is 6.06. The van der Waals surface area contributed by atoms with Gasteiger partial charge in [0.15, 0.2) is 0 Å². The molecule has 0 aliphatic carbocycles. The molecule has 3 heteroatoms. The molecule has 2 aliphatic rings. The zero-order valence-corrected chi connectivity index (χ0v) is 13.0. The highest BCUT2D eigenvalue weighted by Crippen LogP contribution is 2.32. The zero-order chi connectivity index (χ0) is 15.6. The van der Waals surface area contributed by atoms with Crippen LogP contribution in [0.1, 0.15) is 31.2 Å². The van der Waals surface area contributed by atoms with Gasteiger partial charge in [-0.05, 0) is 55.0 Å².